The Morgan fingerprint density at radius 3 is 2.74 bits per heavy atom. The molecule has 0 saturated heterocycles. The second-order valence-corrected chi connectivity index (χ2v) is 5.85. The molecule has 7 heteroatoms. The maximum absolute atomic E-state index is 12.1. The van der Waals surface area contributed by atoms with E-state index in [4.69, 9.17) is 11.6 Å². The molecule has 1 heterocycles. The highest BCUT2D eigenvalue weighted by Crippen LogP contribution is 2.13. The summed E-state index contributed by atoms with van der Waals surface area (Å²) in [6.45, 7) is 0.0985. The number of hydrogen-bond donors (Lipinski definition) is 1. The summed E-state index contributed by atoms with van der Waals surface area (Å²) in [5.74, 6) is 0.271. The third-order valence-corrected chi connectivity index (χ3v) is 4.14. The van der Waals surface area contributed by atoms with Gasteiger partial charge in [0.05, 0.1) is 17.1 Å². The van der Waals surface area contributed by atoms with Gasteiger partial charge in [0, 0.05) is 12.1 Å². The van der Waals surface area contributed by atoms with Gasteiger partial charge in [-0.3, -0.25) is 0 Å². The van der Waals surface area contributed by atoms with Crippen molar-refractivity contribution in [3.05, 3.63) is 53.9 Å². The molecule has 0 aliphatic rings. The molecule has 0 radical (unpaired) electrons. The highest BCUT2D eigenvalue weighted by atomic mass is 35.5. The van der Waals surface area contributed by atoms with Gasteiger partial charge in [-0.05, 0) is 29.8 Å². The van der Waals surface area contributed by atoms with Gasteiger partial charge in [0.1, 0.15) is 0 Å². The molecule has 5 nitrogen and oxygen atoms in total. The summed E-state index contributed by atoms with van der Waals surface area (Å²) in [5.41, 5.74) is 1.31. The van der Waals surface area contributed by atoms with Gasteiger partial charge in [-0.1, -0.05) is 12.1 Å². The third kappa shape index (κ3) is 3.73. The largest absolute Gasteiger partial charge is 0.240 e. The van der Waals surface area contributed by atoms with E-state index in [0.29, 0.717) is 5.69 Å². The van der Waals surface area contributed by atoms with Gasteiger partial charge in [-0.15, -0.1) is 11.6 Å². The summed E-state index contributed by atoms with van der Waals surface area (Å²) in [6.07, 6.45) is 1.53. The minimum atomic E-state index is -3.57. The van der Waals surface area contributed by atoms with Crippen molar-refractivity contribution in [2.45, 2.75) is 17.3 Å². The fraction of sp³-hybridized carbons (Fsp3) is 0.167. The van der Waals surface area contributed by atoms with Gasteiger partial charge in [0.25, 0.3) is 0 Å². The van der Waals surface area contributed by atoms with E-state index < -0.39 is 10.0 Å². The standard InChI is InChI=1S/C12H12ClN3O2S/c13-8-10-3-1-5-12(7-10)19(17,18)15-9-11-4-2-6-14-16-11/h1-7,15H,8-9H2. The van der Waals surface area contributed by atoms with Crippen molar-refractivity contribution in [3.8, 4) is 0 Å². The number of halogens is 1. The SMILES string of the molecule is O=S(=O)(NCc1cccnn1)c1cccc(CCl)c1. The molecule has 0 spiro atoms. The topological polar surface area (TPSA) is 72.0 Å². The Balaban J connectivity index is 2.14. The van der Waals surface area contributed by atoms with Crippen molar-refractivity contribution in [1.29, 1.82) is 0 Å². The van der Waals surface area contributed by atoms with Crippen molar-refractivity contribution in [2.24, 2.45) is 0 Å². The molecule has 0 aliphatic heterocycles. The molecule has 1 N–H and O–H groups in total. The normalized spacial score (nSPS) is 11.4. The first-order valence-corrected chi connectivity index (χ1v) is 7.55. The molecule has 2 rings (SSSR count). The quantitative estimate of drug-likeness (QED) is 0.853. The Bertz CT molecular complexity index is 647. The summed E-state index contributed by atoms with van der Waals surface area (Å²) in [7, 11) is -3.57. The average Bonchev–Trinajstić information content (AvgIpc) is 2.46. The fourth-order valence-corrected chi connectivity index (χ4v) is 2.71. The number of nitrogens with one attached hydrogen (secondary N) is 1. The van der Waals surface area contributed by atoms with Gasteiger partial charge in [0.15, 0.2) is 0 Å². The second-order valence-electron chi connectivity index (χ2n) is 3.82. The molecule has 0 unspecified atom stereocenters. The molecule has 1 aromatic carbocycles. The smallest absolute Gasteiger partial charge is 0.207 e. The van der Waals surface area contributed by atoms with E-state index in [2.05, 4.69) is 14.9 Å². The van der Waals surface area contributed by atoms with Crippen LogP contribution in [0.1, 0.15) is 11.3 Å². The van der Waals surface area contributed by atoms with Gasteiger partial charge in [0.2, 0.25) is 10.0 Å². The van der Waals surface area contributed by atoms with E-state index in [0.717, 1.165) is 5.56 Å². The molecule has 100 valence electrons. The number of nitrogens with zero attached hydrogens (tertiary/aromatic N) is 2. The Morgan fingerprint density at radius 2 is 2.05 bits per heavy atom. The van der Waals surface area contributed by atoms with Crippen molar-refractivity contribution in [2.75, 3.05) is 0 Å². The van der Waals surface area contributed by atoms with E-state index in [1.54, 1.807) is 30.3 Å². The van der Waals surface area contributed by atoms with Crippen LogP contribution in [0.25, 0.3) is 0 Å². The summed E-state index contributed by atoms with van der Waals surface area (Å²) >= 11 is 5.69. The van der Waals surface area contributed by atoms with Gasteiger partial charge in [-0.25, -0.2) is 13.1 Å². The predicted octanol–water partition coefficient (Wildman–Crippen LogP) is 1.69. The zero-order chi connectivity index (χ0) is 13.7. The van der Waals surface area contributed by atoms with E-state index in [9.17, 15) is 8.42 Å². The minimum Gasteiger partial charge on any atom is -0.207 e. The first-order chi connectivity index (χ1) is 9.12. The lowest BCUT2D eigenvalue weighted by molar-refractivity contribution is 0.580. The van der Waals surface area contributed by atoms with Crippen LogP contribution in [0, 0.1) is 0 Å². The molecule has 0 fully saturated rings. The lowest BCUT2D eigenvalue weighted by Crippen LogP contribution is -2.23. The van der Waals surface area contributed by atoms with Crippen molar-refractivity contribution < 1.29 is 8.42 Å². The maximum Gasteiger partial charge on any atom is 0.240 e. The van der Waals surface area contributed by atoms with E-state index >= 15 is 0 Å². The van der Waals surface area contributed by atoms with Crippen LogP contribution in [-0.2, 0) is 22.4 Å². The van der Waals surface area contributed by atoms with Crippen molar-refractivity contribution in [1.82, 2.24) is 14.9 Å². The van der Waals surface area contributed by atoms with Gasteiger partial charge >= 0.3 is 0 Å². The fourth-order valence-electron chi connectivity index (χ4n) is 1.48. The van der Waals surface area contributed by atoms with Crippen LogP contribution in [0.4, 0.5) is 0 Å². The van der Waals surface area contributed by atoms with Crippen molar-refractivity contribution in [3.63, 3.8) is 0 Å². The van der Waals surface area contributed by atoms with Crippen LogP contribution >= 0.6 is 11.6 Å². The molecule has 19 heavy (non-hydrogen) atoms. The molecule has 0 bridgehead atoms. The number of hydrogen-bond acceptors (Lipinski definition) is 4. The predicted molar refractivity (Wildman–Crippen MR) is 72.1 cm³/mol. The maximum atomic E-state index is 12.1. The van der Waals surface area contributed by atoms with Gasteiger partial charge < -0.3 is 0 Å². The van der Waals surface area contributed by atoms with E-state index in [1.165, 1.54) is 12.3 Å². The molecule has 2 aromatic rings. The number of alkyl halides is 1. The number of aromatic nitrogens is 2. The Hall–Kier alpha value is -1.50. The highest BCUT2D eigenvalue weighted by molar-refractivity contribution is 7.89. The second kappa shape index (κ2) is 6.10. The molecular formula is C12H12ClN3O2S. The number of sulfonamides is 1. The monoisotopic (exact) mass is 297 g/mol. The molecule has 0 aliphatic carbocycles. The summed E-state index contributed by atoms with van der Waals surface area (Å²) in [5, 5.41) is 7.49. The highest BCUT2D eigenvalue weighted by Gasteiger charge is 2.14. The summed E-state index contributed by atoms with van der Waals surface area (Å²) in [4.78, 5) is 0.189. The molecule has 0 saturated carbocycles. The summed E-state index contributed by atoms with van der Waals surface area (Å²) in [6, 6.07) is 9.90. The molecule has 0 amide bonds. The van der Waals surface area contributed by atoms with Gasteiger partial charge in [-0.2, -0.15) is 10.2 Å². The zero-order valence-electron chi connectivity index (χ0n) is 9.95. The average molecular weight is 298 g/mol. The number of benzene rings is 1. The molecule has 0 atom stereocenters. The molecular weight excluding hydrogens is 286 g/mol. The Morgan fingerprint density at radius 1 is 1.21 bits per heavy atom. The lowest BCUT2D eigenvalue weighted by Gasteiger charge is -2.07. The Kier molecular flexibility index (Phi) is 4.47. The molecule has 1 aromatic heterocycles. The van der Waals surface area contributed by atoms with Crippen molar-refractivity contribution >= 4 is 21.6 Å². The lowest BCUT2D eigenvalue weighted by atomic mass is 10.2. The number of rotatable bonds is 5. The van der Waals surface area contributed by atoms with Crippen LogP contribution < -0.4 is 4.72 Å². The van der Waals surface area contributed by atoms with Crippen LogP contribution in [0.2, 0.25) is 0 Å². The first kappa shape index (κ1) is 13.9. The van der Waals surface area contributed by atoms with Crippen LogP contribution in [-0.4, -0.2) is 18.6 Å². The minimum absolute atomic E-state index is 0.0985. The van der Waals surface area contributed by atoms with Crippen LogP contribution in [0.3, 0.4) is 0 Å². The van der Waals surface area contributed by atoms with Crippen LogP contribution in [0.15, 0.2) is 47.5 Å². The van der Waals surface area contributed by atoms with Crippen LogP contribution in [0.5, 0.6) is 0 Å². The third-order valence-electron chi connectivity index (χ3n) is 2.43. The van der Waals surface area contributed by atoms with E-state index in [-0.39, 0.29) is 17.3 Å². The summed E-state index contributed by atoms with van der Waals surface area (Å²) < 4.78 is 26.6. The van der Waals surface area contributed by atoms with E-state index in [1.807, 2.05) is 0 Å². The zero-order valence-corrected chi connectivity index (χ0v) is 11.5. The first-order valence-electron chi connectivity index (χ1n) is 5.53. The Labute approximate surface area is 116 Å².